The minimum atomic E-state index is -0.388. The van der Waals surface area contributed by atoms with Crippen LogP contribution in [-0.4, -0.2) is 36.3 Å². The number of carbonyl (C=O) groups excluding carboxylic acids is 2. The molecule has 0 saturated carbocycles. The maximum absolute atomic E-state index is 13.1. The fourth-order valence-electron chi connectivity index (χ4n) is 3.11. The van der Waals surface area contributed by atoms with Crippen LogP contribution in [0.5, 0.6) is 0 Å². The van der Waals surface area contributed by atoms with Gasteiger partial charge in [0.15, 0.2) is 0 Å². The topological polar surface area (TPSA) is 40.6 Å². The summed E-state index contributed by atoms with van der Waals surface area (Å²) in [5.74, 6) is -0.193. The van der Waals surface area contributed by atoms with Crippen LogP contribution in [0.4, 0.5) is 10.1 Å². The molecule has 0 spiro atoms. The lowest BCUT2D eigenvalue weighted by Crippen LogP contribution is -2.47. The third-order valence-electron chi connectivity index (χ3n) is 4.49. The molecule has 4 nitrogen and oxygen atoms in total. The Kier molecular flexibility index (Phi) is 5.62. The van der Waals surface area contributed by atoms with Crippen LogP contribution in [-0.2, 0) is 9.59 Å². The molecule has 1 aromatic carbocycles. The summed E-state index contributed by atoms with van der Waals surface area (Å²) in [6, 6.07) is 6.01. The van der Waals surface area contributed by atoms with Crippen molar-refractivity contribution >= 4 is 17.5 Å². The van der Waals surface area contributed by atoms with E-state index in [1.165, 1.54) is 12.1 Å². The van der Waals surface area contributed by atoms with Gasteiger partial charge in [0, 0.05) is 36.7 Å². The van der Waals surface area contributed by atoms with E-state index in [0.717, 1.165) is 5.69 Å². The van der Waals surface area contributed by atoms with E-state index < -0.39 is 0 Å². The average molecular weight is 334 g/mol. The maximum atomic E-state index is 13.1. The van der Waals surface area contributed by atoms with Crippen molar-refractivity contribution in [2.75, 3.05) is 24.5 Å². The first kappa shape index (κ1) is 18.4. The molecule has 0 aliphatic carbocycles. The molecule has 1 aliphatic heterocycles. The summed E-state index contributed by atoms with van der Waals surface area (Å²) in [7, 11) is 0. The molecule has 0 radical (unpaired) electrons. The number of likely N-dealkylation sites (tertiary alicyclic amines) is 1. The number of piperidine rings is 1. The van der Waals surface area contributed by atoms with E-state index in [1.807, 2.05) is 32.6 Å². The van der Waals surface area contributed by atoms with E-state index in [1.54, 1.807) is 17.0 Å². The van der Waals surface area contributed by atoms with Crippen LogP contribution < -0.4 is 4.90 Å². The highest BCUT2D eigenvalue weighted by Gasteiger charge is 2.33. The van der Waals surface area contributed by atoms with E-state index in [0.29, 0.717) is 32.5 Å². The molecule has 1 fully saturated rings. The molecule has 0 unspecified atom stereocenters. The van der Waals surface area contributed by atoms with Crippen molar-refractivity contribution < 1.29 is 14.0 Å². The molecule has 1 heterocycles. The van der Waals surface area contributed by atoms with Gasteiger partial charge in [0.05, 0.1) is 0 Å². The first-order chi connectivity index (χ1) is 11.2. The Balaban J connectivity index is 2.01. The molecule has 24 heavy (non-hydrogen) atoms. The van der Waals surface area contributed by atoms with E-state index in [-0.39, 0.29) is 29.0 Å². The molecular formula is C19H27FN2O2. The second-order valence-electron chi connectivity index (χ2n) is 7.38. The number of amides is 2. The molecule has 0 atom stereocenters. The Morgan fingerprint density at radius 3 is 2.17 bits per heavy atom. The zero-order valence-electron chi connectivity index (χ0n) is 15.0. The van der Waals surface area contributed by atoms with Crippen molar-refractivity contribution in [2.45, 2.75) is 40.5 Å². The van der Waals surface area contributed by atoms with Gasteiger partial charge in [-0.05, 0) is 44.0 Å². The molecule has 0 aromatic heterocycles. The standard InChI is InChI=1S/C19H27FN2O2/c1-5-22(16-8-6-15(20)7-9-16)17(23)14-10-12-21(13-11-14)18(24)19(2,3)4/h6-9,14H,5,10-13H2,1-4H3. The van der Waals surface area contributed by atoms with E-state index in [4.69, 9.17) is 0 Å². The van der Waals surface area contributed by atoms with Crippen molar-refractivity contribution in [1.82, 2.24) is 4.90 Å². The Bertz CT molecular complexity index is 584. The van der Waals surface area contributed by atoms with Crippen molar-refractivity contribution in [3.05, 3.63) is 30.1 Å². The summed E-state index contributed by atoms with van der Waals surface area (Å²) >= 11 is 0. The predicted molar refractivity (Wildman–Crippen MR) is 93.2 cm³/mol. The van der Waals surface area contributed by atoms with Gasteiger partial charge in [-0.15, -0.1) is 0 Å². The second kappa shape index (κ2) is 7.32. The third-order valence-corrected chi connectivity index (χ3v) is 4.49. The number of anilines is 1. The Morgan fingerprint density at radius 1 is 1.17 bits per heavy atom. The normalized spacial score (nSPS) is 16.1. The summed E-state index contributed by atoms with van der Waals surface area (Å²) in [6.07, 6.45) is 1.36. The lowest BCUT2D eigenvalue weighted by Gasteiger charge is -2.36. The number of rotatable bonds is 3. The lowest BCUT2D eigenvalue weighted by molar-refractivity contribution is -0.142. The number of benzene rings is 1. The van der Waals surface area contributed by atoms with E-state index >= 15 is 0 Å². The van der Waals surface area contributed by atoms with Crippen LogP contribution >= 0.6 is 0 Å². The molecule has 0 bridgehead atoms. The van der Waals surface area contributed by atoms with Crippen LogP contribution in [0, 0.1) is 17.2 Å². The van der Waals surface area contributed by atoms with Crippen LogP contribution in [0.15, 0.2) is 24.3 Å². The van der Waals surface area contributed by atoms with Crippen LogP contribution in [0.1, 0.15) is 40.5 Å². The van der Waals surface area contributed by atoms with Gasteiger partial charge in [-0.1, -0.05) is 20.8 Å². The zero-order chi connectivity index (χ0) is 17.9. The van der Waals surface area contributed by atoms with Gasteiger partial charge in [-0.3, -0.25) is 9.59 Å². The summed E-state index contributed by atoms with van der Waals surface area (Å²) in [4.78, 5) is 28.7. The first-order valence-corrected chi connectivity index (χ1v) is 8.60. The minimum absolute atomic E-state index is 0.0620. The monoisotopic (exact) mass is 334 g/mol. The number of nitrogens with zero attached hydrogens (tertiary/aromatic N) is 2. The Morgan fingerprint density at radius 2 is 1.71 bits per heavy atom. The van der Waals surface area contributed by atoms with Gasteiger partial charge in [-0.2, -0.15) is 0 Å². The number of carbonyl (C=O) groups is 2. The number of hydrogen-bond acceptors (Lipinski definition) is 2. The Labute approximate surface area is 143 Å². The maximum Gasteiger partial charge on any atom is 0.230 e. The average Bonchev–Trinajstić information content (AvgIpc) is 2.55. The Hall–Kier alpha value is -1.91. The largest absolute Gasteiger partial charge is 0.342 e. The van der Waals surface area contributed by atoms with Crippen LogP contribution in [0.25, 0.3) is 0 Å². The fraction of sp³-hybridized carbons (Fsp3) is 0.579. The van der Waals surface area contributed by atoms with Gasteiger partial charge < -0.3 is 9.80 Å². The summed E-state index contributed by atoms with van der Waals surface area (Å²) in [5, 5.41) is 0. The summed E-state index contributed by atoms with van der Waals surface area (Å²) in [6.45, 7) is 9.45. The highest BCUT2D eigenvalue weighted by molar-refractivity contribution is 5.95. The first-order valence-electron chi connectivity index (χ1n) is 8.60. The molecular weight excluding hydrogens is 307 g/mol. The van der Waals surface area contributed by atoms with Crippen molar-refractivity contribution in [3.8, 4) is 0 Å². The predicted octanol–water partition coefficient (Wildman–Crippen LogP) is 3.46. The second-order valence-corrected chi connectivity index (χ2v) is 7.38. The summed E-state index contributed by atoms with van der Waals surface area (Å²) < 4.78 is 13.1. The van der Waals surface area contributed by atoms with E-state index in [9.17, 15) is 14.0 Å². The van der Waals surface area contributed by atoms with Crippen LogP contribution in [0.3, 0.4) is 0 Å². The van der Waals surface area contributed by atoms with Gasteiger partial charge in [0.1, 0.15) is 5.82 Å². The van der Waals surface area contributed by atoms with Crippen molar-refractivity contribution in [1.29, 1.82) is 0 Å². The zero-order valence-corrected chi connectivity index (χ0v) is 15.0. The van der Waals surface area contributed by atoms with Crippen molar-refractivity contribution in [3.63, 3.8) is 0 Å². The highest BCUT2D eigenvalue weighted by atomic mass is 19.1. The molecule has 2 amide bonds. The van der Waals surface area contributed by atoms with Gasteiger partial charge in [0.25, 0.3) is 0 Å². The highest BCUT2D eigenvalue weighted by Crippen LogP contribution is 2.26. The minimum Gasteiger partial charge on any atom is -0.342 e. The smallest absolute Gasteiger partial charge is 0.230 e. The summed E-state index contributed by atoms with van der Waals surface area (Å²) in [5.41, 5.74) is 0.331. The molecule has 1 aromatic rings. The fourth-order valence-corrected chi connectivity index (χ4v) is 3.11. The van der Waals surface area contributed by atoms with Crippen molar-refractivity contribution in [2.24, 2.45) is 11.3 Å². The quantitative estimate of drug-likeness (QED) is 0.849. The number of halogens is 1. The van der Waals surface area contributed by atoms with Gasteiger partial charge >= 0.3 is 0 Å². The number of hydrogen-bond donors (Lipinski definition) is 0. The SMILES string of the molecule is CCN(C(=O)C1CCN(C(=O)C(C)(C)C)CC1)c1ccc(F)cc1. The molecule has 5 heteroatoms. The molecule has 2 rings (SSSR count). The lowest BCUT2D eigenvalue weighted by atomic mass is 9.90. The van der Waals surface area contributed by atoms with Gasteiger partial charge in [-0.25, -0.2) is 4.39 Å². The van der Waals surface area contributed by atoms with Crippen LogP contribution in [0.2, 0.25) is 0 Å². The molecule has 1 saturated heterocycles. The van der Waals surface area contributed by atoms with Gasteiger partial charge in [0.2, 0.25) is 11.8 Å². The third kappa shape index (κ3) is 4.13. The molecule has 1 aliphatic rings. The molecule has 132 valence electrons. The molecule has 0 N–H and O–H groups in total. The van der Waals surface area contributed by atoms with E-state index in [2.05, 4.69) is 0 Å².